The van der Waals surface area contributed by atoms with Gasteiger partial charge in [-0.25, -0.2) is 28.9 Å². The molecule has 7 rings (SSSR count). The molecule has 248 valence electrons. The number of fused-ring (bicyclic) bond motifs is 5. The topological polar surface area (TPSA) is 284 Å². The number of imidazole rings is 2. The molecule has 4 aromatic rings. The van der Waals surface area contributed by atoms with Gasteiger partial charge < -0.3 is 40.0 Å². The minimum Gasteiger partial charge on any atom is -0.780 e. The molecule has 0 spiro atoms. The summed E-state index contributed by atoms with van der Waals surface area (Å²) in [6, 6.07) is 0. The number of aromatic amines is 1. The van der Waals surface area contributed by atoms with Crippen LogP contribution < -0.4 is 21.9 Å². The zero-order valence-corrected chi connectivity index (χ0v) is 25.9. The minimum absolute atomic E-state index is 0.0351. The predicted molar refractivity (Wildman–Crippen MR) is 152 cm³/mol. The Balaban J connectivity index is 1.22. The number of nitrogens with two attached hydrogens (primary N) is 2. The van der Waals surface area contributed by atoms with Crippen LogP contribution in [-0.4, -0.2) is 101 Å². The summed E-state index contributed by atoms with van der Waals surface area (Å²) in [5, 5.41) is 11.2. The Labute approximate surface area is 260 Å². The van der Waals surface area contributed by atoms with Gasteiger partial charge >= 0.3 is 7.82 Å². The molecule has 21 nitrogen and oxygen atoms in total. The smallest absolute Gasteiger partial charge is 0.475 e. The number of aliphatic hydroxyl groups is 1. The minimum atomic E-state index is -4.62. The number of anilines is 2. The van der Waals surface area contributed by atoms with E-state index in [9.17, 15) is 19.4 Å². The molecule has 0 radical (unpaired) electrons. The van der Waals surface area contributed by atoms with Crippen molar-refractivity contribution in [2.24, 2.45) is 0 Å². The summed E-state index contributed by atoms with van der Waals surface area (Å²) in [4.78, 5) is 48.2. The summed E-state index contributed by atoms with van der Waals surface area (Å²) in [6.45, 7) is -5.93. The Morgan fingerprint density at radius 3 is 2.50 bits per heavy atom. The maximum atomic E-state index is 16.1. The van der Waals surface area contributed by atoms with Crippen LogP contribution in [0.25, 0.3) is 22.3 Å². The molecule has 10 atom stereocenters. The van der Waals surface area contributed by atoms with Gasteiger partial charge in [-0.05, 0) is 0 Å². The number of alkyl halides is 1. The Bertz CT molecular complexity index is 1960. The number of rotatable bonds is 3. The molecule has 4 aromatic heterocycles. The SMILES string of the molecule is COP1(=O)OC[C@H]2O[C@@H](n3cnc4c(=O)[nH]c(N)nc43)[C@@H](OP([O-])(=S)OC[C@H]3O[C@@H](n4cnc5c(N)ncnc54)C(F)[C@H]3O1)[C@H]2O. The molecule has 6 N–H and O–H groups in total. The summed E-state index contributed by atoms with van der Waals surface area (Å²) in [6.07, 6.45) is -9.11. The predicted octanol–water partition coefficient (Wildman–Crippen LogP) is -1.23. The first-order valence-electron chi connectivity index (χ1n) is 13.3. The van der Waals surface area contributed by atoms with Gasteiger partial charge in [0.25, 0.3) is 5.56 Å². The third-order valence-electron chi connectivity index (χ3n) is 7.48. The van der Waals surface area contributed by atoms with Crippen LogP contribution in [0.3, 0.4) is 0 Å². The number of H-pyrrole nitrogens is 1. The Hall–Kier alpha value is -3.05. The standard InChI is InChI=1S/C21H25FN10O11P2S/c1-37-44(35)38-2-7-12(33)14(20(40-7)32-6-28-11-17(32)29-21(24)30-18(11)34)43-45(36,46)39-3-8-13(42-44)9(22)19(41-8)31-5-27-10-15(23)25-4-26-16(10)31/h4-9,12-14,19-20,33H,2-3H2,1H3,(H,36,46)(H2,23,25,26)(H3,24,29,30,34)/p-1/t7-,8-,9?,12+,13+,14+,19-,20-,44?,45?/m1/s1. The molecule has 46 heavy (non-hydrogen) atoms. The fraction of sp³-hybridized carbons (Fsp3) is 0.524. The fourth-order valence-electron chi connectivity index (χ4n) is 5.34. The molecule has 3 saturated heterocycles. The molecule has 3 fully saturated rings. The van der Waals surface area contributed by atoms with Gasteiger partial charge in [-0.3, -0.25) is 32.5 Å². The number of aliphatic hydroxyl groups excluding tert-OH is 1. The number of ether oxygens (including phenoxy) is 2. The number of nitrogens with zero attached hydrogens (tertiary/aromatic N) is 7. The normalized spacial score (nSPS) is 37.1. The van der Waals surface area contributed by atoms with Crippen molar-refractivity contribution in [3.63, 3.8) is 0 Å². The second-order valence-electron chi connectivity index (χ2n) is 10.2. The highest BCUT2D eigenvalue weighted by atomic mass is 32.5. The lowest BCUT2D eigenvalue weighted by atomic mass is 10.1. The molecule has 3 aliphatic heterocycles. The molecule has 3 unspecified atom stereocenters. The van der Waals surface area contributed by atoms with E-state index < -0.39 is 82.5 Å². The summed E-state index contributed by atoms with van der Waals surface area (Å²) in [7, 11) is -3.62. The van der Waals surface area contributed by atoms with Crippen LogP contribution in [0.1, 0.15) is 12.5 Å². The molecule has 7 heterocycles. The van der Waals surface area contributed by atoms with Gasteiger partial charge in [-0.15, -0.1) is 0 Å². The molecule has 3 aliphatic rings. The quantitative estimate of drug-likeness (QED) is 0.182. The van der Waals surface area contributed by atoms with E-state index in [1.807, 2.05) is 0 Å². The van der Waals surface area contributed by atoms with Gasteiger partial charge in [0, 0.05) is 7.11 Å². The van der Waals surface area contributed by atoms with E-state index in [0.717, 1.165) is 19.8 Å². The number of hydrogen-bond acceptors (Lipinski definition) is 19. The highest BCUT2D eigenvalue weighted by molar-refractivity contribution is 8.06. The zero-order chi connectivity index (χ0) is 32.5. The van der Waals surface area contributed by atoms with Crippen molar-refractivity contribution in [1.29, 1.82) is 0 Å². The number of halogens is 1. The molecular formula is C21H24FN10O11P2S-. The average molecular weight is 705 g/mol. The average Bonchev–Trinajstić information content (AvgIpc) is 3.77. The van der Waals surface area contributed by atoms with Crippen molar-refractivity contribution in [2.75, 3.05) is 31.8 Å². The van der Waals surface area contributed by atoms with Crippen molar-refractivity contribution in [1.82, 2.24) is 39.0 Å². The summed E-state index contributed by atoms with van der Waals surface area (Å²) >= 11 is 5.12. The van der Waals surface area contributed by atoms with Crippen LogP contribution >= 0.6 is 14.5 Å². The zero-order valence-electron chi connectivity index (χ0n) is 23.3. The third-order valence-corrected chi connectivity index (χ3v) is 10.4. The molecule has 0 aliphatic carbocycles. The highest BCUT2D eigenvalue weighted by Crippen LogP contribution is 2.55. The Kier molecular flexibility index (Phi) is 7.94. The van der Waals surface area contributed by atoms with E-state index in [1.165, 1.54) is 15.5 Å². The lowest BCUT2D eigenvalue weighted by Crippen LogP contribution is -2.36. The van der Waals surface area contributed by atoms with E-state index in [1.54, 1.807) is 0 Å². The third kappa shape index (κ3) is 5.41. The largest absolute Gasteiger partial charge is 0.780 e. The van der Waals surface area contributed by atoms with Gasteiger partial charge in [0.05, 0.1) is 25.9 Å². The number of nitrogen functional groups attached to an aromatic ring is 2. The van der Waals surface area contributed by atoms with Gasteiger partial charge in [0.15, 0.2) is 41.3 Å². The maximum absolute atomic E-state index is 16.1. The number of phosphoric acid groups is 1. The lowest BCUT2D eigenvalue weighted by Gasteiger charge is -2.34. The van der Waals surface area contributed by atoms with E-state index in [-0.39, 0.29) is 34.1 Å². The number of aromatic nitrogens is 8. The molecule has 0 aromatic carbocycles. The van der Waals surface area contributed by atoms with E-state index in [2.05, 4.69) is 29.9 Å². The van der Waals surface area contributed by atoms with Crippen LogP contribution in [0.5, 0.6) is 0 Å². The number of hydrogen-bond donors (Lipinski definition) is 4. The summed E-state index contributed by atoms with van der Waals surface area (Å²) in [5.41, 5.74) is 11.0. The molecule has 25 heteroatoms. The summed E-state index contributed by atoms with van der Waals surface area (Å²) in [5.74, 6) is -0.212. The Morgan fingerprint density at radius 2 is 1.74 bits per heavy atom. The van der Waals surface area contributed by atoms with Gasteiger partial charge in [0.1, 0.15) is 49.1 Å². The number of nitrogens with one attached hydrogen (secondary N) is 1. The van der Waals surface area contributed by atoms with Gasteiger partial charge in [-0.2, -0.15) is 4.98 Å². The van der Waals surface area contributed by atoms with Crippen molar-refractivity contribution >= 4 is 60.4 Å². The van der Waals surface area contributed by atoms with Crippen LogP contribution in [-0.2, 0) is 48.5 Å². The van der Waals surface area contributed by atoms with Crippen molar-refractivity contribution in [3.05, 3.63) is 29.3 Å². The van der Waals surface area contributed by atoms with Gasteiger partial charge in [0.2, 0.25) is 5.95 Å². The van der Waals surface area contributed by atoms with Gasteiger partial charge in [-0.1, -0.05) is 11.8 Å². The first-order chi connectivity index (χ1) is 21.9. The molecule has 0 amide bonds. The monoisotopic (exact) mass is 705 g/mol. The second-order valence-corrected chi connectivity index (χ2v) is 14.7. The second kappa shape index (κ2) is 11.6. The van der Waals surface area contributed by atoms with Crippen LogP contribution in [0.15, 0.2) is 23.8 Å². The molecular weight excluding hydrogens is 681 g/mol. The van der Waals surface area contributed by atoms with Crippen molar-refractivity contribution < 1.29 is 51.0 Å². The Morgan fingerprint density at radius 1 is 1.04 bits per heavy atom. The van der Waals surface area contributed by atoms with Crippen molar-refractivity contribution in [3.8, 4) is 0 Å². The first-order valence-corrected chi connectivity index (χ1v) is 17.3. The van der Waals surface area contributed by atoms with Crippen molar-refractivity contribution in [2.45, 2.75) is 49.1 Å². The highest BCUT2D eigenvalue weighted by Gasteiger charge is 2.53. The van der Waals surface area contributed by atoms with Crippen LogP contribution in [0.2, 0.25) is 0 Å². The fourth-order valence-corrected chi connectivity index (χ4v) is 7.87. The van der Waals surface area contributed by atoms with E-state index in [0.29, 0.717) is 0 Å². The van der Waals surface area contributed by atoms with E-state index >= 15 is 4.39 Å². The summed E-state index contributed by atoms with van der Waals surface area (Å²) < 4.78 is 71.0. The molecule has 2 bridgehead atoms. The first kappa shape index (κ1) is 31.5. The van der Waals surface area contributed by atoms with Crippen LogP contribution in [0, 0.1) is 0 Å². The van der Waals surface area contributed by atoms with Crippen LogP contribution in [0.4, 0.5) is 16.2 Å². The lowest BCUT2D eigenvalue weighted by molar-refractivity contribution is -0.218. The number of phosphoric ester groups is 1. The molecule has 0 saturated carbocycles. The maximum Gasteiger partial charge on any atom is 0.475 e. The van der Waals surface area contributed by atoms with E-state index in [4.69, 9.17) is 55.4 Å².